The Labute approximate surface area is 190 Å². The van der Waals surface area contributed by atoms with Gasteiger partial charge in [-0.3, -0.25) is 9.69 Å². The number of likely N-dealkylation sites (tertiary alicyclic amines) is 1. The minimum atomic E-state index is -0.0840. The molecule has 168 valence electrons. The lowest BCUT2D eigenvalue weighted by Crippen LogP contribution is -2.37. The van der Waals surface area contributed by atoms with Crippen LogP contribution in [-0.4, -0.2) is 47.3 Å². The number of ether oxygens (including phenoxy) is 1. The summed E-state index contributed by atoms with van der Waals surface area (Å²) in [4.78, 5) is 15.7. The first kappa shape index (κ1) is 22.1. The summed E-state index contributed by atoms with van der Waals surface area (Å²) >= 11 is 0. The molecular formula is C26H32N4O2. The third-order valence-corrected chi connectivity index (χ3v) is 6.26. The molecule has 0 bridgehead atoms. The molecule has 1 N–H and O–H groups in total. The maximum atomic E-state index is 13.2. The van der Waals surface area contributed by atoms with Crippen molar-refractivity contribution in [2.45, 2.75) is 39.2 Å². The van der Waals surface area contributed by atoms with Gasteiger partial charge >= 0.3 is 0 Å². The van der Waals surface area contributed by atoms with Crippen LogP contribution < -0.4 is 10.1 Å². The standard InChI is InChI=1S/C26H32N4O2/c1-4-23-22(17-28-30(23)20-13-11-19(2)12-14-20)26(31)27-18-24(29-15-7-8-16-29)21-9-5-6-10-25(21)32-3/h5-6,9-14,17,24H,4,7-8,15-16,18H2,1-3H3,(H,27,31). The van der Waals surface area contributed by atoms with Crippen molar-refractivity contribution in [1.82, 2.24) is 20.0 Å². The number of nitrogens with one attached hydrogen (secondary N) is 1. The molecule has 1 saturated heterocycles. The lowest BCUT2D eigenvalue weighted by molar-refractivity contribution is 0.0936. The van der Waals surface area contributed by atoms with Crippen molar-refractivity contribution in [3.8, 4) is 11.4 Å². The smallest absolute Gasteiger partial charge is 0.254 e. The second-order valence-corrected chi connectivity index (χ2v) is 8.32. The van der Waals surface area contributed by atoms with E-state index in [1.807, 2.05) is 35.0 Å². The van der Waals surface area contributed by atoms with Gasteiger partial charge in [-0.2, -0.15) is 5.10 Å². The number of nitrogens with zero attached hydrogens (tertiary/aromatic N) is 3. The number of amides is 1. The van der Waals surface area contributed by atoms with Gasteiger partial charge in [0.05, 0.1) is 36.3 Å². The second kappa shape index (κ2) is 10.0. The van der Waals surface area contributed by atoms with E-state index >= 15 is 0 Å². The maximum absolute atomic E-state index is 13.2. The van der Waals surface area contributed by atoms with Crippen molar-refractivity contribution in [2.24, 2.45) is 0 Å². The summed E-state index contributed by atoms with van der Waals surface area (Å²) in [5, 5.41) is 7.71. The number of rotatable bonds is 8. The van der Waals surface area contributed by atoms with Gasteiger partial charge in [0.1, 0.15) is 5.75 Å². The van der Waals surface area contributed by atoms with Crippen LogP contribution >= 0.6 is 0 Å². The van der Waals surface area contributed by atoms with Crippen LogP contribution in [0, 0.1) is 6.92 Å². The van der Waals surface area contributed by atoms with Gasteiger partial charge in [-0.15, -0.1) is 0 Å². The lowest BCUT2D eigenvalue weighted by Gasteiger charge is -2.29. The largest absolute Gasteiger partial charge is 0.496 e. The Morgan fingerprint density at radius 2 is 1.84 bits per heavy atom. The highest BCUT2D eigenvalue weighted by atomic mass is 16.5. The van der Waals surface area contributed by atoms with Gasteiger partial charge in [0.15, 0.2) is 0 Å². The fraction of sp³-hybridized carbons (Fsp3) is 0.385. The molecule has 2 heterocycles. The van der Waals surface area contributed by atoms with E-state index < -0.39 is 0 Å². The fourth-order valence-corrected chi connectivity index (χ4v) is 4.53. The third-order valence-electron chi connectivity index (χ3n) is 6.26. The van der Waals surface area contributed by atoms with Gasteiger partial charge in [-0.05, 0) is 57.5 Å². The first-order valence-electron chi connectivity index (χ1n) is 11.4. The van der Waals surface area contributed by atoms with Crippen molar-refractivity contribution in [1.29, 1.82) is 0 Å². The zero-order valence-corrected chi connectivity index (χ0v) is 19.2. The Balaban J connectivity index is 1.55. The van der Waals surface area contributed by atoms with Crippen LogP contribution in [0.15, 0.2) is 54.7 Å². The Bertz CT molecular complexity index is 1050. The van der Waals surface area contributed by atoms with Gasteiger partial charge in [0, 0.05) is 12.1 Å². The predicted molar refractivity (Wildman–Crippen MR) is 127 cm³/mol. The number of aromatic nitrogens is 2. The highest BCUT2D eigenvalue weighted by Crippen LogP contribution is 2.31. The molecule has 1 aliphatic heterocycles. The lowest BCUT2D eigenvalue weighted by atomic mass is 10.0. The van der Waals surface area contributed by atoms with Gasteiger partial charge < -0.3 is 10.1 Å². The van der Waals surface area contributed by atoms with Crippen LogP contribution in [-0.2, 0) is 6.42 Å². The van der Waals surface area contributed by atoms with E-state index in [0.717, 1.165) is 42.2 Å². The quantitative estimate of drug-likeness (QED) is 0.576. The van der Waals surface area contributed by atoms with Crippen LogP contribution in [0.3, 0.4) is 0 Å². The summed E-state index contributed by atoms with van der Waals surface area (Å²) in [5.41, 5.74) is 4.83. The van der Waals surface area contributed by atoms with E-state index in [9.17, 15) is 4.79 Å². The molecule has 1 fully saturated rings. The van der Waals surface area contributed by atoms with Crippen molar-refractivity contribution in [2.75, 3.05) is 26.7 Å². The normalized spacial score (nSPS) is 15.0. The van der Waals surface area contributed by atoms with Crippen LogP contribution in [0.25, 0.3) is 5.69 Å². The molecule has 1 unspecified atom stereocenters. The van der Waals surface area contributed by atoms with E-state index in [4.69, 9.17) is 4.74 Å². The van der Waals surface area contributed by atoms with Crippen molar-refractivity contribution in [3.63, 3.8) is 0 Å². The average Bonchev–Trinajstić information content (AvgIpc) is 3.50. The first-order chi connectivity index (χ1) is 15.6. The number of methoxy groups -OCH3 is 1. The molecule has 3 aromatic rings. The molecular weight excluding hydrogens is 400 g/mol. The van der Waals surface area contributed by atoms with E-state index in [1.54, 1.807) is 13.3 Å². The Morgan fingerprint density at radius 3 is 2.53 bits per heavy atom. The second-order valence-electron chi connectivity index (χ2n) is 8.32. The summed E-state index contributed by atoms with van der Waals surface area (Å²) in [6, 6.07) is 16.4. The number of hydrogen-bond donors (Lipinski definition) is 1. The van der Waals surface area contributed by atoms with E-state index in [1.165, 1.54) is 18.4 Å². The molecule has 0 radical (unpaired) electrons. The number of benzene rings is 2. The van der Waals surface area contributed by atoms with Crippen LogP contribution in [0.4, 0.5) is 0 Å². The van der Waals surface area contributed by atoms with Gasteiger partial charge in [-0.25, -0.2) is 4.68 Å². The molecule has 1 amide bonds. The highest BCUT2D eigenvalue weighted by Gasteiger charge is 2.27. The first-order valence-corrected chi connectivity index (χ1v) is 11.4. The molecule has 0 spiro atoms. The molecule has 6 heteroatoms. The Hall–Kier alpha value is -3.12. The molecule has 6 nitrogen and oxygen atoms in total. The number of carbonyl (C=O) groups is 1. The summed E-state index contributed by atoms with van der Waals surface area (Å²) in [5.74, 6) is 0.777. The topological polar surface area (TPSA) is 59.4 Å². The summed E-state index contributed by atoms with van der Waals surface area (Å²) in [6.07, 6.45) is 4.77. The minimum absolute atomic E-state index is 0.0785. The molecule has 0 saturated carbocycles. The van der Waals surface area contributed by atoms with E-state index in [0.29, 0.717) is 12.1 Å². The monoisotopic (exact) mass is 432 g/mol. The summed E-state index contributed by atoms with van der Waals surface area (Å²) in [7, 11) is 1.70. The Kier molecular flexibility index (Phi) is 6.90. The van der Waals surface area contributed by atoms with Crippen molar-refractivity contribution < 1.29 is 9.53 Å². The number of carbonyl (C=O) groups excluding carboxylic acids is 1. The SMILES string of the molecule is CCc1c(C(=O)NCC(c2ccccc2OC)N2CCCC2)cnn1-c1ccc(C)cc1. The summed E-state index contributed by atoms with van der Waals surface area (Å²) < 4.78 is 7.49. The molecule has 32 heavy (non-hydrogen) atoms. The zero-order valence-electron chi connectivity index (χ0n) is 19.2. The zero-order chi connectivity index (χ0) is 22.5. The minimum Gasteiger partial charge on any atom is -0.496 e. The van der Waals surface area contributed by atoms with Gasteiger partial charge in [0.2, 0.25) is 0 Å². The predicted octanol–water partition coefficient (Wildman–Crippen LogP) is 4.32. The molecule has 4 rings (SSSR count). The van der Waals surface area contributed by atoms with Crippen molar-refractivity contribution >= 4 is 5.91 Å². The van der Waals surface area contributed by atoms with Gasteiger partial charge in [-0.1, -0.05) is 42.8 Å². The Morgan fingerprint density at radius 1 is 1.12 bits per heavy atom. The van der Waals surface area contributed by atoms with Crippen LogP contribution in [0.2, 0.25) is 0 Å². The number of para-hydroxylation sites is 1. The van der Waals surface area contributed by atoms with Crippen LogP contribution in [0.5, 0.6) is 5.75 Å². The van der Waals surface area contributed by atoms with E-state index in [-0.39, 0.29) is 11.9 Å². The number of hydrogen-bond acceptors (Lipinski definition) is 4. The molecule has 1 atom stereocenters. The number of aryl methyl sites for hydroxylation is 1. The molecule has 2 aromatic carbocycles. The van der Waals surface area contributed by atoms with Crippen molar-refractivity contribution in [3.05, 3.63) is 77.1 Å². The molecule has 1 aromatic heterocycles. The van der Waals surface area contributed by atoms with E-state index in [2.05, 4.69) is 47.4 Å². The maximum Gasteiger partial charge on any atom is 0.254 e. The highest BCUT2D eigenvalue weighted by molar-refractivity contribution is 5.95. The average molecular weight is 433 g/mol. The molecule has 0 aliphatic carbocycles. The third kappa shape index (κ3) is 4.55. The molecule has 1 aliphatic rings. The van der Waals surface area contributed by atoms with Crippen LogP contribution in [0.1, 0.15) is 53.0 Å². The van der Waals surface area contributed by atoms with Gasteiger partial charge in [0.25, 0.3) is 5.91 Å². The fourth-order valence-electron chi connectivity index (χ4n) is 4.53. The summed E-state index contributed by atoms with van der Waals surface area (Å²) in [6.45, 7) is 6.71.